The molecule has 7 rings (SSSR count). The van der Waals surface area contributed by atoms with Crippen LogP contribution >= 0.6 is 15.2 Å². The zero-order valence-electron chi connectivity index (χ0n) is 37.9. The Kier molecular flexibility index (Phi) is 24.5. The number of benzene rings is 4. The van der Waals surface area contributed by atoms with Gasteiger partial charge in [-0.15, -0.1) is 0 Å². The largest absolute Gasteiger partial charge is 0.459 e. The van der Waals surface area contributed by atoms with Crippen molar-refractivity contribution in [2.45, 2.75) is 140 Å². The second kappa shape index (κ2) is 26.8. The van der Waals surface area contributed by atoms with Crippen LogP contribution in [0.5, 0.6) is 5.75 Å². The van der Waals surface area contributed by atoms with E-state index in [1.807, 2.05) is 100 Å². The maximum Gasteiger partial charge on any atom is 0.410 e. The molecule has 0 amide bonds. The molecule has 0 radical (unpaired) electrons. The van der Waals surface area contributed by atoms with Crippen molar-refractivity contribution in [3.05, 3.63) is 125 Å². The average molecular weight is 957 g/mol. The molecule has 4 aromatic rings. The molecular weight excluding hydrogens is 875 g/mol. The summed E-state index contributed by atoms with van der Waals surface area (Å²) in [5, 5.41) is 1.14. The maximum absolute atomic E-state index is 13.4. The van der Waals surface area contributed by atoms with Crippen molar-refractivity contribution >= 4 is 31.8 Å². The minimum atomic E-state index is -3.48. The van der Waals surface area contributed by atoms with Crippen LogP contribution in [0.3, 0.4) is 0 Å². The van der Waals surface area contributed by atoms with Crippen molar-refractivity contribution in [1.29, 1.82) is 0 Å². The molecule has 0 aromatic heterocycles. The van der Waals surface area contributed by atoms with Gasteiger partial charge in [0.15, 0.2) is 0 Å². The molecule has 3 fully saturated rings. The zero-order valence-corrected chi connectivity index (χ0v) is 39.7. The van der Waals surface area contributed by atoms with Gasteiger partial charge in [-0.1, -0.05) is 125 Å². The zero-order chi connectivity index (χ0) is 45.0. The summed E-state index contributed by atoms with van der Waals surface area (Å²) in [6.45, 7) is 21.6. The van der Waals surface area contributed by atoms with Crippen molar-refractivity contribution in [2.75, 3.05) is 46.2 Å². The predicted molar refractivity (Wildman–Crippen MR) is 271 cm³/mol. The topological polar surface area (TPSA) is 135 Å². The number of esters is 1. The van der Waals surface area contributed by atoms with Gasteiger partial charge in [0.2, 0.25) is 0 Å². The molecule has 7 unspecified atom stereocenters. The summed E-state index contributed by atoms with van der Waals surface area (Å²) in [6.07, 6.45) is 3.05. The summed E-state index contributed by atoms with van der Waals surface area (Å²) >= 11 is 0. The van der Waals surface area contributed by atoms with Crippen LogP contribution in [0, 0.1) is 6.92 Å². The van der Waals surface area contributed by atoms with Gasteiger partial charge in [0.1, 0.15) is 29.2 Å². The fourth-order valence-electron chi connectivity index (χ4n) is 6.04. The number of aryl methyl sites for hydroxylation is 1. The third-order valence-corrected chi connectivity index (χ3v) is 15.2. The smallest absolute Gasteiger partial charge is 0.410 e. The Morgan fingerprint density at radius 1 is 0.621 bits per heavy atom. The molecule has 0 saturated carbocycles. The molecule has 66 heavy (non-hydrogen) atoms. The van der Waals surface area contributed by atoms with Crippen molar-refractivity contribution in [3.8, 4) is 5.75 Å². The van der Waals surface area contributed by atoms with E-state index in [2.05, 4.69) is 33.8 Å². The highest BCUT2D eigenvalue weighted by Gasteiger charge is 2.45. The number of hydrogen-bond donors (Lipinski definition) is 0. The first kappa shape index (κ1) is 60.4. The van der Waals surface area contributed by atoms with Gasteiger partial charge in [-0.2, -0.15) is 0 Å². The fraction of sp³-hybridized carbons (Fsp3) is 0.528. The number of epoxide rings is 3. The van der Waals surface area contributed by atoms with Gasteiger partial charge in [-0.3, -0.25) is 9.09 Å². The summed E-state index contributed by atoms with van der Waals surface area (Å²) in [5.74, 6) is 1.29. The van der Waals surface area contributed by atoms with E-state index in [4.69, 9.17) is 37.0 Å². The fourth-order valence-corrected chi connectivity index (χ4v) is 9.42. The van der Waals surface area contributed by atoms with E-state index in [-0.39, 0.29) is 59.1 Å². The van der Waals surface area contributed by atoms with Gasteiger partial charge in [-0.05, 0) is 118 Å². The predicted octanol–water partition coefficient (Wildman–Crippen LogP) is 13.6. The molecular formula is C53H82O11P2. The third-order valence-electron chi connectivity index (χ3n) is 11.4. The van der Waals surface area contributed by atoms with Gasteiger partial charge in [0, 0.05) is 0 Å². The van der Waals surface area contributed by atoms with E-state index in [1.165, 1.54) is 11.1 Å². The molecule has 13 heteroatoms. The number of carbonyl (C=O) groups excluding carboxylic acids is 1. The molecule has 3 heterocycles. The van der Waals surface area contributed by atoms with Gasteiger partial charge in [0.05, 0.1) is 55.8 Å². The summed E-state index contributed by atoms with van der Waals surface area (Å²) in [5.41, 5.74) is 3.30. The monoisotopic (exact) mass is 957 g/mol. The van der Waals surface area contributed by atoms with E-state index >= 15 is 0 Å². The first-order valence-corrected chi connectivity index (χ1v) is 24.9. The first-order valence-electron chi connectivity index (χ1n) is 21.8. The van der Waals surface area contributed by atoms with Crippen molar-refractivity contribution < 1.29 is 51.0 Å². The van der Waals surface area contributed by atoms with Crippen LogP contribution in [0.25, 0.3) is 0 Å². The lowest BCUT2D eigenvalue weighted by Crippen LogP contribution is -2.21. The second-order valence-corrected chi connectivity index (χ2v) is 20.8. The maximum atomic E-state index is 13.4. The van der Waals surface area contributed by atoms with Crippen LogP contribution in [0.15, 0.2) is 103 Å². The number of ether oxygens (including phenoxy) is 4. The van der Waals surface area contributed by atoms with Crippen molar-refractivity contribution in [1.82, 2.24) is 0 Å². The van der Waals surface area contributed by atoms with Crippen LogP contribution in [-0.4, -0.2) is 69.0 Å². The number of hydrogen-bond acceptors (Lipinski definition) is 11. The van der Waals surface area contributed by atoms with E-state index in [0.29, 0.717) is 73.4 Å². The summed E-state index contributed by atoms with van der Waals surface area (Å²) in [7, 11) is -6.68. The lowest BCUT2D eigenvalue weighted by molar-refractivity contribution is 0.0389. The number of carbonyl (C=O) groups is 1. The molecule has 3 aliphatic heterocycles. The van der Waals surface area contributed by atoms with Crippen LogP contribution < -0.4 is 15.1 Å². The van der Waals surface area contributed by atoms with Crippen LogP contribution in [0.4, 0.5) is 0 Å². The molecule has 0 bridgehead atoms. The Labute approximate surface area is 398 Å². The van der Waals surface area contributed by atoms with E-state index in [0.717, 1.165) is 24.8 Å². The molecule has 3 saturated heterocycles. The van der Waals surface area contributed by atoms with Gasteiger partial charge in [-0.25, -0.2) is 9.36 Å². The summed E-state index contributed by atoms with van der Waals surface area (Å²) in [4.78, 5) is 12.1. The minimum Gasteiger partial charge on any atom is -0.459 e. The highest BCUT2D eigenvalue weighted by atomic mass is 31.2. The average Bonchev–Trinajstić information content (AvgIpc) is 4.24. The van der Waals surface area contributed by atoms with Crippen molar-refractivity contribution in [3.63, 3.8) is 0 Å². The SMILES string of the molecule is C.C.C.C.CCC(C)c1ccc(C(=O)OCC2(CC)CO2)c(C)c1.CCC(C)c1ccc(OP(=O)(OCC2(C)CO2)c2ccccc2)cc1.CCOP(=O)(OCC1(C)CO1)c1ccccc1. The Balaban J connectivity index is 0.000000489. The Bertz CT molecular complexity index is 2120. The molecule has 7 atom stereocenters. The third kappa shape index (κ3) is 17.5. The Morgan fingerprint density at radius 2 is 1.08 bits per heavy atom. The first-order chi connectivity index (χ1) is 29.5. The van der Waals surface area contributed by atoms with E-state index < -0.39 is 15.2 Å². The standard InChI is InChI=1S/C20H25O4P.C17H24O3.C12H17O4P.4CH4/c1-4-16(2)17-10-12-18(13-11-17)24-25(21,19-8-6-5-7-9-19)23-15-20(3)14-22-20;1-5-12(3)14-7-8-15(13(4)9-14)16(18)19-10-17(6-2)11-20-17;1-3-15-17(13,11-7-5-4-6-8-11)16-10-12(2)9-14-12;;;;/h5-13,16H,4,14-15H2,1-3H3;7-9,12H,5-6,10-11H2,1-4H3;4-8H,3,9-10H2,1-2H3;4*1H4. The Hall–Kier alpha value is -3.63. The Morgan fingerprint density at radius 3 is 1.50 bits per heavy atom. The quantitative estimate of drug-likeness (QED) is 0.0476. The van der Waals surface area contributed by atoms with Gasteiger partial charge < -0.3 is 32.5 Å². The molecule has 0 spiro atoms. The number of rotatable bonds is 20. The summed E-state index contributed by atoms with van der Waals surface area (Å²) < 4.78 is 69.7. The lowest BCUT2D eigenvalue weighted by Gasteiger charge is -2.21. The highest BCUT2D eigenvalue weighted by molar-refractivity contribution is 7.62. The normalized spacial score (nSPS) is 22.3. The van der Waals surface area contributed by atoms with Crippen LogP contribution in [-0.2, 0) is 41.6 Å². The van der Waals surface area contributed by atoms with E-state index in [1.54, 1.807) is 31.2 Å². The summed E-state index contributed by atoms with van der Waals surface area (Å²) in [6, 6.07) is 31.8. The molecule has 4 aromatic carbocycles. The molecule has 0 N–H and O–H groups in total. The van der Waals surface area contributed by atoms with Gasteiger partial charge >= 0.3 is 21.2 Å². The van der Waals surface area contributed by atoms with E-state index in [9.17, 15) is 13.9 Å². The molecule has 11 nitrogen and oxygen atoms in total. The highest BCUT2D eigenvalue weighted by Crippen LogP contribution is 2.50. The lowest BCUT2D eigenvalue weighted by atomic mass is 9.95. The molecule has 3 aliphatic rings. The molecule has 370 valence electrons. The molecule has 0 aliphatic carbocycles. The second-order valence-electron chi connectivity index (χ2n) is 16.9. The van der Waals surface area contributed by atoms with Crippen molar-refractivity contribution in [2.24, 2.45) is 0 Å². The van der Waals surface area contributed by atoms with Crippen LogP contribution in [0.2, 0.25) is 0 Å². The van der Waals surface area contributed by atoms with Crippen LogP contribution in [0.1, 0.15) is 143 Å². The minimum absolute atomic E-state index is 0. The van der Waals surface area contributed by atoms with Gasteiger partial charge in [0.25, 0.3) is 0 Å².